The number of nitrogens with zero attached hydrogens (tertiary/aromatic N) is 1. The number of esters is 1. The van der Waals surface area contributed by atoms with E-state index in [1.54, 1.807) is 0 Å². The van der Waals surface area contributed by atoms with Crippen molar-refractivity contribution < 1.29 is 9.53 Å². The fourth-order valence-electron chi connectivity index (χ4n) is 2.58. The molecule has 2 aromatic rings. The molecular weight excluding hydrogens is 360 g/mol. The molecule has 0 saturated heterocycles. The van der Waals surface area contributed by atoms with Crippen LogP contribution in [0.25, 0.3) is 10.2 Å². The smallest absolute Gasteiger partial charge is 0.329 e. The fourth-order valence-corrected chi connectivity index (χ4v) is 4.18. The van der Waals surface area contributed by atoms with Crippen LogP contribution in [0.4, 0.5) is 0 Å². The van der Waals surface area contributed by atoms with Gasteiger partial charge in [0.2, 0.25) is 0 Å². The number of halogens is 1. The topological polar surface area (TPSA) is 81.2 Å². The van der Waals surface area contributed by atoms with Crippen LogP contribution in [0.5, 0.6) is 0 Å². The zero-order chi connectivity index (χ0) is 15.4. The summed E-state index contributed by atoms with van der Waals surface area (Å²) < 4.78 is 6.68. The van der Waals surface area contributed by atoms with Gasteiger partial charge in [-0.25, -0.2) is 4.79 Å². The molecule has 3 rings (SSSR count). The summed E-state index contributed by atoms with van der Waals surface area (Å²) in [5, 5.41) is 0.502. The molecule has 0 aliphatic heterocycles. The zero-order valence-electron chi connectivity index (χ0n) is 11.5. The molecule has 0 amide bonds. The lowest BCUT2D eigenvalue weighted by molar-refractivity contribution is -0.141. The summed E-state index contributed by atoms with van der Waals surface area (Å²) in [6, 6.07) is 0. The summed E-state index contributed by atoms with van der Waals surface area (Å²) in [6.07, 6.45) is 1.30. The molecule has 2 heterocycles. The molecule has 6 nitrogen and oxygen atoms in total. The summed E-state index contributed by atoms with van der Waals surface area (Å²) in [4.78, 5) is 39.8. The Kier molecular flexibility index (Phi) is 3.32. The zero-order valence-corrected chi connectivity index (χ0v) is 13.9. The van der Waals surface area contributed by atoms with Gasteiger partial charge in [0.05, 0.1) is 28.2 Å². The second-order valence-electron chi connectivity index (χ2n) is 5.25. The summed E-state index contributed by atoms with van der Waals surface area (Å²) in [5.41, 5.74) is -0.733. The number of thiophene rings is 1. The predicted octanol–water partition coefficient (Wildman–Crippen LogP) is 1.87. The highest BCUT2D eigenvalue weighted by molar-refractivity contribution is 9.11. The van der Waals surface area contributed by atoms with Gasteiger partial charge < -0.3 is 4.74 Å². The molecule has 0 radical (unpaired) electrons. The number of hydrogen-bond acceptors (Lipinski definition) is 5. The number of carbonyl (C=O) groups is 1. The third kappa shape index (κ3) is 2.17. The maximum absolute atomic E-state index is 12.7. The summed E-state index contributed by atoms with van der Waals surface area (Å²) in [6.45, 7) is 1.83. The van der Waals surface area contributed by atoms with Gasteiger partial charge in [0, 0.05) is 0 Å². The van der Waals surface area contributed by atoms with Crippen molar-refractivity contribution >= 4 is 43.5 Å². The summed E-state index contributed by atoms with van der Waals surface area (Å²) in [5.74, 6) is -0.415. The highest BCUT2D eigenvalue weighted by Crippen LogP contribution is 2.45. The van der Waals surface area contributed by atoms with E-state index in [0.29, 0.717) is 23.1 Å². The number of hydrogen-bond donors (Lipinski definition) is 1. The molecule has 1 aliphatic rings. The van der Waals surface area contributed by atoms with Crippen molar-refractivity contribution in [2.45, 2.75) is 31.7 Å². The first kappa shape index (κ1) is 14.5. The second-order valence-corrected chi connectivity index (χ2v) is 7.59. The third-order valence-corrected chi connectivity index (χ3v) is 6.01. The van der Waals surface area contributed by atoms with Crippen molar-refractivity contribution in [1.82, 2.24) is 9.55 Å². The highest BCUT2D eigenvalue weighted by Gasteiger charge is 2.49. The number of aromatic nitrogens is 2. The minimum Gasteiger partial charge on any atom is -0.469 e. The van der Waals surface area contributed by atoms with E-state index < -0.39 is 17.2 Å². The Hall–Kier alpha value is -1.41. The van der Waals surface area contributed by atoms with Crippen LogP contribution in [0.2, 0.25) is 0 Å². The molecule has 0 aromatic carbocycles. The number of aromatic amines is 1. The van der Waals surface area contributed by atoms with Gasteiger partial charge >= 0.3 is 11.7 Å². The number of ether oxygens (including phenoxy) is 1. The van der Waals surface area contributed by atoms with Crippen molar-refractivity contribution in [1.29, 1.82) is 0 Å². The van der Waals surface area contributed by atoms with Gasteiger partial charge in [0.15, 0.2) is 0 Å². The van der Waals surface area contributed by atoms with Gasteiger partial charge in [0.1, 0.15) is 4.83 Å². The Balaban J connectivity index is 2.24. The molecule has 0 unspecified atom stereocenters. The first-order valence-corrected chi connectivity index (χ1v) is 8.02. The summed E-state index contributed by atoms with van der Waals surface area (Å²) >= 11 is 4.70. The monoisotopic (exact) mass is 372 g/mol. The lowest BCUT2D eigenvalue weighted by Gasteiger charge is -2.16. The van der Waals surface area contributed by atoms with Gasteiger partial charge in [-0.2, -0.15) is 0 Å². The van der Waals surface area contributed by atoms with Crippen LogP contribution >= 0.6 is 27.3 Å². The van der Waals surface area contributed by atoms with E-state index in [2.05, 4.69) is 25.7 Å². The minimum atomic E-state index is -0.729. The molecule has 0 bridgehead atoms. The van der Waals surface area contributed by atoms with Crippen molar-refractivity contribution in [3.8, 4) is 0 Å². The van der Waals surface area contributed by atoms with E-state index in [-0.39, 0.29) is 12.0 Å². The quantitative estimate of drug-likeness (QED) is 0.833. The molecule has 1 aliphatic carbocycles. The lowest BCUT2D eigenvalue weighted by Crippen LogP contribution is -2.43. The van der Waals surface area contributed by atoms with Gasteiger partial charge in [-0.15, -0.1) is 11.3 Å². The van der Waals surface area contributed by atoms with Crippen LogP contribution in [0, 0.1) is 6.92 Å². The van der Waals surface area contributed by atoms with E-state index in [4.69, 9.17) is 0 Å². The Morgan fingerprint density at radius 1 is 1.48 bits per heavy atom. The molecule has 21 heavy (non-hydrogen) atoms. The molecule has 1 saturated carbocycles. The van der Waals surface area contributed by atoms with Crippen molar-refractivity contribution in [2.24, 2.45) is 0 Å². The minimum absolute atomic E-state index is 0.0440. The normalized spacial score (nSPS) is 16.1. The average Bonchev–Trinajstić information content (AvgIpc) is 3.11. The average molecular weight is 373 g/mol. The molecule has 1 fully saturated rings. The molecule has 1 N–H and O–H groups in total. The van der Waals surface area contributed by atoms with Crippen LogP contribution in [-0.2, 0) is 15.1 Å². The van der Waals surface area contributed by atoms with E-state index in [9.17, 15) is 14.4 Å². The first-order chi connectivity index (χ1) is 9.89. The number of methoxy groups -OCH3 is 1. The Morgan fingerprint density at radius 2 is 2.14 bits per heavy atom. The first-order valence-electron chi connectivity index (χ1n) is 6.41. The van der Waals surface area contributed by atoms with Crippen LogP contribution in [-0.4, -0.2) is 22.6 Å². The van der Waals surface area contributed by atoms with E-state index in [1.807, 2.05) is 6.92 Å². The standard InChI is InChI=1S/C13H13BrN2O4S/c1-6-8-10(21-9(6)14)15-12(19)16(11(8)18)13(3-4-13)5-7(17)20-2/h3-5H2,1-2H3,(H,15,19). The van der Waals surface area contributed by atoms with E-state index in [0.717, 1.165) is 9.35 Å². The van der Waals surface area contributed by atoms with Crippen LogP contribution < -0.4 is 11.2 Å². The lowest BCUT2D eigenvalue weighted by atomic mass is 10.1. The number of nitrogens with one attached hydrogen (secondary N) is 1. The predicted molar refractivity (Wildman–Crippen MR) is 83.0 cm³/mol. The van der Waals surface area contributed by atoms with Crippen molar-refractivity contribution in [3.63, 3.8) is 0 Å². The Bertz CT molecular complexity index is 859. The second kappa shape index (κ2) is 4.81. The number of rotatable bonds is 3. The molecule has 2 aromatic heterocycles. The number of H-pyrrole nitrogens is 1. The number of carbonyl (C=O) groups excluding carboxylic acids is 1. The van der Waals surface area contributed by atoms with E-state index >= 15 is 0 Å². The molecule has 0 atom stereocenters. The van der Waals surface area contributed by atoms with E-state index in [1.165, 1.54) is 23.0 Å². The van der Waals surface area contributed by atoms with Crippen molar-refractivity contribution in [2.75, 3.05) is 7.11 Å². The summed E-state index contributed by atoms with van der Waals surface area (Å²) in [7, 11) is 1.30. The van der Waals surface area contributed by atoms with Crippen LogP contribution in [0.3, 0.4) is 0 Å². The van der Waals surface area contributed by atoms with Crippen LogP contribution in [0.15, 0.2) is 13.4 Å². The van der Waals surface area contributed by atoms with Gasteiger partial charge in [-0.3, -0.25) is 19.1 Å². The fraction of sp³-hybridized carbons (Fsp3) is 0.462. The van der Waals surface area contributed by atoms with Gasteiger partial charge in [-0.05, 0) is 41.3 Å². The maximum atomic E-state index is 12.7. The number of fused-ring (bicyclic) bond motifs is 1. The molecule has 0 spiro atoms. The Morgan fingerprint density at radius 3 is 2.71 bits per heavy atom. The van der Waals surface area contributed by atoms with Gasteiger partial charge in [0.25, 0.3) is 5.56 Å². The Labute approximate surface area is 131 Å². The number of aryl methyl sites for hydroxylation is 1. The van der Waals surface area contributed by atoms with Gasteiger partial charge in [-0.1, -0.05) is 0 Å². The third-order valence-electron chi connectivity index (χ3n) is 3.93. The molecule has 112 valence electrons. The van der Waals surface area contributed by atoms with Crippen LogP contribution in [0.1, 0.15) is 24.8 Å². The molecule has 8 heteroatoms. The van der Waals surface area contributed by atoms with Crippen molar-refractivity contribution in [3.05, 3.63) is 30.2 Å². The maximum Gasteiger partial charge on any atom is 0.329 e. The highest BCUT2D eigenvalue weighted by atomic mass is 79.9. The SMILES string of the molecule is COC(=O)CC1(n2c(=O)[nH]c3sc(Br)c(C)c3c2=O)CC1. The largest absolute Gasteiger partial charge is 0.469 e. The molecular formula is C13H13BrN2O4S.